The molecule has 7 aromatic rings. The molecule has 4 unspecified atom stereocenters. The standard InChI is InChI=1S/C60H62O10S.B/c61-53-56(66-40-48-30-16-5-17-31-48)54(64-38-46-26-12-3-13-27-46)51(42-62-36-44-22-8-1-9-23-44)68-59(53)70-58-57(67-41-49-32-18-6-19-33-49)55(65-39-47-28-14-4-15-29-47)52(43-63-37-45-24-10-2-11-25-45)69-60(58)71-50-34-20-7-21-35-50;/h1-35,51-61H,36-43H2;/t51?,52?,53?,54-,55-,56+,57-,58?,59-,60-;/m1./s1. The smallest absolute Gasteiger partial charge is 0.187 e. The Hall–Kier alpha value is -5.45. The highest BCUT2D eigenvalue weighted by Crippen LogP contribution is 2.40. The van der Waals surface area contributed by atoms with Crippen LogP contribution in [0.15, 0.2) is 217 Å². The van der Waals surface area contributed by atoms with E-state index in [1.54, 1.807) is 0 Å². The van der Waals surface area contributed by atoms with Crippen LogP contribution in [0.4, 0.5) is 0 Å². The van der Waals surface area contributed by atoms with E-state index in [9.17, 15) is 5.11 Å². The van der Waals surface area contributed by atoms with Crippen molar-refractivity contribution in [2.24, 2.45) is 0 Å². The van der Waals surface area contributed by atoms with Crippen molar-refractivity contribution in [2.45, 2.75) is 105 Å². The van der Waals surface area contributed by atoms with Gasteiger partial charge in [0.2, 0.25) is 0 Å². The summed E-state index contributed by atoms with van der Waals surface area (Å²) in [5.41, 5.74) is 5.22. The molecule has 2 fully saturated rings. The van der Waals surface area contributed by atoms with Gasteiger partial charge in [0.1, 0.15) is 54.3 Å². The fraction of sp³-hybridized carbons (Fsp3) is 0.300. The summed E-state index contributed by atoms with van der Waals surface area (Å²) >= 11 is 1.51. The summed E-state index contributed by atoms with van der Waals surface area (Å²) in [4.78, 5) is 0.955. The minimum atomic E-state index is -1.34. The summed E-state index contributed by atoms with van der Waals surface area (Å²) in [6.07, 6.45) is -7.96. The Balaban J connectivity index is 0.00000693. The Morgan fingerprint density at radius 1 is 0.361 bits per heavy atom. The van der Waals surface area contributed by atoms with Crippen LogP contribution in [-0.4, -0.2) is 87.3 Å². The average molecular weight is 986 g/mol. The topological polar surface area (TPSA) is 103 Å². The van der Waals surface area contributed by atoms with Crippen LogP contribution in [0, 0.1) is 0 Å². The molecule has 2 saturated heterocycles. The lowest BCUT2D eigenvalue weighted by Gasteiger charge is -2.49. The number of aliphatic hydroxyl groups excluding tert-OH is 1. The van der Waals surface area contributed by atoms with Crippen molar-refractivity contribution < 1.29 is 47.7 Å². The number of ether oxygens (including phenoxy) is 9. The molecule has 2 heterocycles. The molecule has 1 N–H and O–H groups in total. The average Bonchev–Trinajstić information content (AvgIpc) is 3.42. The number of rotatable bonds is 24. The highest BCUT2D eigenvalue weighted by Gasteiger charge is 2.54. The van der Waals surface area contributed by atoms with Gasteiger partial charge in [0.15, 0.2) is 6.29 Å². The van der Waals surface area contributed by atoms with Crippen molar-refractivity contribution in [3.05, 3.63) is 246 Å². The molecule has 0 spiro atoms. The van der Waals surface area contributed by atoms with Crippen LogP contribution in [0.2, 0.25) is 0 Å². The van der Waals surface area contributed by atoms with E-state index in [0.29, 0.717) is 13.2 Å². The minimum Gasteiger partial charge on any atom is -0.385 e. The first-order valence-corrected chi connectivity index (χ1v) is 25.2. The molecule has 3 radical (unpaired) electrons. The Bertz CT molecular complexity index is 2540. The number of aliphatic hydroxyl groups is 1. The molecule has 0 amide bonds. The molecule has 371 valence electrons. The van der Waals surface area contributed by atoms with Crippen molar-refractivity contribution in [3.63, 3.8) is 0 Å². The van der Waals surface area contributed by atoms with Gasteiger partial charge in [-0.2, -0.15) is 0 Å². The van der Waals surface area contributed by atoms with E-state index >= 15 is 0 Å². The predicted octanol–water partition coefficient (Wildman–Crippen LogP) is 10.4. The van der Waals surface area contributed by atoms with E-state index in [0.717, 1.165) is 38.3 Å². The maximum absolute atomic E-state index is 12.8. The molecular formula is C60H62BO10S. The summed E-state index contributed by atoms with van der Waals surface area (Å²) in [6.45, 7) is 2.03. The Labute approximate surface area is 430 Å². The van der Waals surface area contributed by atoms with Gasteiger partial charge in [-0.05, 0) is 45.5 Å². The van der Waals surface area contributed by atoms with Gasteiger partial charge in [0.05, 0.1) is 52.9 Å². The number of benzene rings is 7. The highest BCUT2D eigenvalue weighted by molar-refractivity contribution is 7.99. The van der Waals surface area contributed by atoms with Crippen molar-refractivity contribution in [2.75, 3.05) is 13.2 Å². The van der Waals surface area contributed by atoms with Crippen LogP contribution in [0.1, 0.15) is 33.4 Å². The second-order valence-corrected chi connectivity index (χ2v) is 18.8. The molecule has 12 heteroatoms. The van der Waals surface area contributed by atoms with Gasteiger partial charge in [0, 0.05) is 13.3 Å². The van der Waals surface area contributed by atoms with E-state index in [1.165, 1.54) is 11.8 Å². The minimum absolute atomic E-state index is 0. The molecule has 9 rings (SSSR count). The lowest BCUT2D eigenvalue weighted by Crippen LogP contribution is -2.65. The maximum Gasteiger partial charge on any atom is 0.187 e. The molecule has 7 aromatic carbocycles. The SMILES string of the molecule is OC1[C@@H](OC2[C@@H](Sc3ccccc3)OC(COCc3ccccc3)[C@@H](OCc3ccccc3)[C@H]2OCc2ccccc2)OC(COCc2ccccc2)[C@@H](OCc2ccccc2)[C@H]1OCc1ccccc1.[B]. The molecule has 2 aliphatic heterocycles. The third-order valence-electron chi connectivity index (χ3n) is 12.4. The summed E-state index contributed by atoms with van der Waals surface area (Å²) in [5.74, 6) is 0. The van der Waals surface area contributed by atoms with Gasteiger partial charge in [-0.1, -0.05) is 212 Å². The zero-order chi connectivity index (χ0) is 48.3. The van der Waals surface area contributed by atoms with Gasteiger partial charge in [-0.25, -0.2) is 0 Å². The van der Waals surface area contributed by atoms with Gasteiger partial charge >= 0.3 is 0 Å². The van der Waals surface area contributed by atoms with E-state index in [2.05, 4.69) is 0 Å². The molecule has 72 heavy (non-hydrogen) atoms. The van der Waals surface area contributed by atoms with Gasteiger partial charge in [-0.3, -0.25) is 0 Å². The third-order valence-corrected chi connectivity index (χ3v) is 13.6. The van der Waals surface area contributed by atoms with Crippen LogP contribution >= 0.6 is 11.8 Å². The predicted molar refractivity (Wildman–Crippen MR) is 279 cm³/mol. The highest BCUT2D eigenvalue weighted by atomic mass is 32.2. The van der Waals surface area contributed by atoms with Crippen LogP contribution in [0.3, 0.4) is 0 Å². The van der Waals surface area contributed by atoms with Crippen molar-refractivity contribution >= 4 is 20.2 Å². The second-order valence-electron chi connectivity index (χ2n) is 17.7. The Kier molecular flexibility index (Phi) is 20.7. The van der Waals surface area contributed by atoms with Crippen molar-refractivity contribution in [1.29, 1.82) is 0 Å². The lowest BCUT2D eigenvalue weighted by atomic mass is 9.96. The molecule has 0 bridgehead atoms. The quantitative estimate of drug-likeness (QED) is 0.0586. The number of hydrogen-bond donors (Lipinski definition) is 1. The maximum atomic E-state index is 12.8. The van der Waals surface area contributed by atoms with Crippen LogP contribution < -0.4 is 0 Å². The van der Waals surface area contributed by atoms with E-state index in [1.807, 2.05) is 212 Å². The van der Waals surface area contributed by atoms with E-state index in [-0.39, 0.29) is 48.1 Å². The van der Waals surface area contributed by atoms with E-state index < -0.39 is 60.6 Å². The normalized spacial score (nSPS) is 24.0. The summed E-state index contributed by atoms with van der Waals surface area (Å²) < 4.78 is 61.8. The largest absolute Gasteiger partial charge is 0.385 e. The fourth-order valence-electron chi connectivity index (χ4n) is 8.77. The molecule has 0 aliphatic carbocycles. The fourth-order valence-corrected chi connectivity index (χ4v) is 9.90. The van der Waals surface area contributed by atoms with Crippen molar-refractivity contribution in [1.82, 2.24) is 0 Å². The summed E-state index contributed by atoms with van der Waals surface area (Å²) in [7, 11) is 0. The second kappa shape index (κ2) is 28.1. The Morgan fingerprint density at radius 3 is 1.08 bits per heavy atom. The summed E-state index contributed by atoms with van der Waals surface area (Å²) in [5, 5.41) is 12.8. The zero-order valence-electron chi connectivity index (χ0n) is 40.2. The van der Waals surface area contributed by atoms with Gasteiger partial charge < -0.3 is 47.7 Å². The molecule has 2 aliphatic rings. The van der Waals surface area contributed by atoms with Gasteiger partial charge in [-0.15, -0.1) is 0 Å². The Morgan fingerprint density at radius 2 is 0.681 bits per heavy atom. The van der Waals surface area contributed by atoms with Crippen molar-refractivity contribution in [3.8, 4) is 0 Å². The van der Waals surface area contributed by atoms with Crippen LogP contribution in [0.25, 0.3) is 0 Å². The molecule has 10 atom stereocenters. The molecular weight excluding hydrogens is 924 g/mol. The van der Waals surface area contributed by atoms with Crippen LogP contribution in [-0.2, 0) is 82.3 Å². The summed E-state index contributed by atoms with van der Waals surface area (Å²) in [6, 6.07) is 70.0. The molecule has 0 saturated carbocycles. The first-order valence-electron chi connectivity index (χ1n) is 24.3. The molecule has 10 nitrogen and oxygen atoms in total. The first-order chi connectivity index (χ1) is 35.1. The molecule has 0 aromatic heterocycles. The van der Waals surface area contributed by atoms with E-state index in [4.69, 9.17) is 42.6 Å². The van der Waals surface area contributed by atoms with Gasteiger partial charge in [0.25, 0.3) is 0 Å². The van der Waals surface area contributed by atoms with Crippen LogP contribution in [0.5, 0.6) is 0 Å². The zero-order valence-corrected chi connectivity index (χ0v) is 41.1. The monoisotopic (exact) mass is 985 g/mol. The third kappa shape index (κ3) is 15.3. The first kappa shape index (κ1) is 52.9. The number of thioether (sulfide) groups is 1. The lowest BCUT2D eigenvalue weighted by molar-refractivity contribution is -0.350. The number of hydrogen-bond acceptors (Lipinski definition) is 11.